The molecule has 1 rings (SSSR count). The second kappa shape index (κ2) is 9.05. The van der Waals surface area contributed by atoms with Crippen molar-refractivity contribution >= 4 is 11.8 Å². The maximum absolute atomic E-state index is 3.76. The third-order valence-electron chi connectivity index (χ3n) is 1.74. The van der Waals surface area contributed by atoms with Crippen LogP contribution in [0, 0.1) is 6.92 Å². The van der Waals surface area contributed by atoms with Crippen molar-refractivity contribution in [3.8, 4) is 0 Å². The average Bonchev–Trinajstić information content (AvgIpc) is 2.34. The minimum Gasteiger partial charge on any atom is -0.0990 e. The summed E-state index contributed by atoms with van der Waals surface area (Å²) in [7, 11) is 0. The van der Waals surface area contributed by atoms with E-state index in [0.29, 0.717) is 0 Å². The number of aryl methyl sites for hydroxylation is 1. The van der Waals surface area contributed by atoms with Gasteiger partial charge in [-0.05, 0) is 25.1 Å². The zero-order valence-corrected chi connectivity index (χ0v) is 11.2. The molecule has 0 unspecified atom stereocenters. The normalized spacial score (nSPS) is 10.1. The Bertz CT molecular complexity index is 344. The van der Waals surface area contributed by atoms with E-state index in [4.69, 9.17) is 0 Å². The lowest BCUT2D eigenvalue weighted by Gasteiger charge is -2.01. The summed E-state index contributed by atoms with van der Waals surface area (Å²) in [6.45, 7) is 13.5. The Morgan fingerprint density at radius 3 is 2.12 bits per heavy atom. The molecule has 0 N–H and O–H groups in total. The van der Waals surface area contributed by atoms with Gasteiger partial charge in [0, 0.05) is 9.80 Å². The van der Waals surface area contributed by atoms with Crippen LogP contribution in [0.15, 0.2) is 65.5 Å². The minimum absolute atomic E-state index is 1.11. The molecule has 0 amide bonds. The van der Waals surface area contributed by atoms with Gasteiger partial charge >= 0.3 is 0 Å². The number of benzene rings is 1. The first-order valence-corrected chi connectivity index (χ1v) is 6.27. The molecule has 0 aliphatic heterocycles. The zero-order chi connectivity index (χ0) is 12.4. The topological polar surface area (TPSA) is 0 Å². The van der Waals surface area contributed by atoms with Crippen molar-refractivity contribution in [3.63, 3.8) is 0 Å². The summed E-state index contributed by atoms with van der Waals surface area (Å²) in [6.07, 6.45) is 5.57. The van der Waals surface area contributed by atoms with Crippen molar-refractivity contribution in [1.29, 1.82) is 0 Å². The van der Waals surface area contributed by atoms with Gasteiger partial charge in [-0.1, -0.05) is 68.6 Å². The first kappa shape index (κ1) is 14.8. The molecule has 16 heavy (non-hydrogen) atoms. The molecule has 86 valence electrons. The van der Waals surface area contributed by atoms with E-state index in [1.165, 1.54) is 10.5 Å². The van der Waals surface area contributed by atoms with E-state index in [1.807, 2.05) is 26.0 Å². The number of thioether (sulfide) groups is 1. The summed E-state index contributed by atoms with van der Waals surface area (Å²) in [4.78, 5) is 2.34. The van der Waals surface area contributed by atoms with Gasteiger partial charge < -0.3 is 0 Å². The number of hydrogen-bond donors (Lipinski definition) is 0. The van der Waals surface area contributed by atoms with Crippen molar-refractivity contribution < 1.29 is 0 Å². The van der Waals surface area contributed by atoms with Crippen LogP contribution in [-0.2, 0) is 0 Å². The van der Waals surface area contributed by atoms with E-state index in [-0.39, 0.29) is 0 Å². The monoisotopic (exact) mass is 232 g/mol. The zero-order valence-electron chi connectivity index (χ0n) is 10.4. The minimum atomic E-state index is 1.11. The van der Waals surface area contributed by atoms with E-state index < -0.39 is 0 Å². The van der Waals surface area contributed by atoms with Crippen molar-refractivity contribution in [2.24, 2.45) is 0 Å². The first-order valence-electron chi connectivity index (χ1n) is 5.46. The molecule has 1 heteroatoms. The molecular weight excluding hydrogens is 212 g/mol. The highest BCUT2D eigenvalue weighted by atomic mass is 32.2. The first-order chi connectivity index (χ1) is 7.76. The third kappa shape index (κ3) is 5.62. The van der Waals surface area contributed by atoms with Crippen LogP contribution in [0.1, 0.15) is 19.4 Å². The molecule has 0 bridgehead atoms. The lowest BCUT2D eigenvalue weighted by atomic mass is 10.2. The summed E-state index contributed by atoms with van der Waals surface area (Å²) in [5.74, 6) is 0. The lowest BCUT2D eigenvalue weighted by molar-refractivity contribution is 1.38. The van der Waals surface area contributed by atoms with Crippen LogP contribution < -0.4 is 0 Å². The highest BCUT2D eigenvalue weighted by Crippen LogP contribution is 2.27. The SMILES string of the molecule is C=C/C=C(\C=C)Sc1ccc(C)cc1.CC. The number of hydrogen-bond acceptors (Lipinski definition) is 1. The molecule has 1 aromatic rings. The quantitative estimate of drug-likeness (QED) is 0.497. The fourth-order valence-corrected chi connectivity index (χ4v) is 1.79. The van der Waals surface area contributed by atoms with Gasteiger partial charge in [0.2, 0.25) is 0 Å². The van der Waals surface area contributed by atoms with E-state index in [1.54, 1.807) is 17.8 Å². The molecular formula is C15H20S. The number of allylic oxidation sites excluding steroid dienone is 3. The van der Waals surface area contributed by atoms with Crippen LogP contribution in [0.5, 0.6) is 0 Å². The van der Waals surface area contributed by atoms with Gasteiger partial charge in [0.25, 0.3) is 0 Å². The Kier molecular flexibility index (Phi) is 8.36. The Balaban J connectivity index is 0.00000106. The summed E-state index contributed by atoms with van der Waals surface area (Å²) < 4.78 is 0. The summed E-state index contributed by atoms with van der Waals surface area (Å²) >= 11 is 1.69. The molecule has 0 heterocycles. The van der Waals surface area contributed by atoms with Gasteiger partial charge in [-0.2, -0.15) is 0 Å². The molecule has 0 saturated heterocycles. The van der Waals surface area contributed by atoms with E-state index in [0.717, 1.165) is 4.91 Å². The molecule has 0 atom stereocenters. The smallest absolute Gasteiger partial charge is 0.0122 e. The Morgan fingerprint density at radius 2 is 1.69 bits per heavy atom. The van der Waals surface area contributed by atoms with Crippen LogP contribution in [0.2, 0.25) is 0 Å². The third-order valence-corrected chi connectivity index (χ3v) is 2.79. The van der Waals surface area contributed by atoms with Gasteiger partial charge in [-0.3, -0.25) is 0 Å². The fourth-order valence-electron chi connectivity index (χ4n) is 1.00. The molecule has 0 aliphatic rings. The van der Waals surface area contributed by atoms with Crippen LogP contribution in [0.4, 0.5) is 0 Å². The van der Waals surface area contributed by atoms with Gasteiger partial charge in [0.1, 0.15) is 0 Å². The summed E-state index contributed by atoms with van der Waals surface area (Å²) in [6, 6.07) is 8.44. The van der Waals surface area contributed by atoms with Gasteiger partial charge in [-0.25, -0.2) is 0 Å². The van der Waals surface area contributed by atoms with Crippen molar-refractivity contribution in [3.05, 3.63) is 66.1 Å². The Labute approximate surface area is 104 Å². The maximum atomic E-state index is 3.76. The molecule has 0 aromatic heterocycles. The summed E-state index contributed by atoms with van der Waals surface area (Å²) in [5.41, 5.74) is 1.28. The largest absolute Gasteiger partial charge is 0.0990 e. The number of rotatable bonds is 4. The second-order valence-corrected chi connectivity index (χ2v) is 4.07. The van der Waals surface area contributed by atoms with Crippen LogP contribution in [0.3, 0.4) is 0 Å². The summed E-state index contributed by atoms with van der Waals surface area (Å²) in [5, 5.41) is 0. The highest BCUT2D eigenvalue weighted by Gasteiger charge is 1.95. The molecule has 0 saturated carbocycles. The van der Waals surface area contributed by atoms with Gasteiger partial charge in [-0.15, -0.1) is 0 Å². The maximum Gasteiger partial charge on any atom is 0.0122 e. The van der Waals surface area contributed by atoms with Gasteiger partial charge in [0.15, 0.2) is 0 Å². The van der Waals surface area contributed by atoms with Gasteiger partial charge in [0.05, 0.1) is 0 Å². The van der Waals surface area contributed by atoms with Crippen molar-refractivity contribution in [2.75, 3.05) is 0 Å². The van der Waals surface area contributed by atoms with Crippen LogP contribution in [0.25, 0.3) is 0 Å². The van der Waals surface area contributed by atoms with Crippen molar-refractivity contribution in [1.82, 2.24) is 0 Å². The fraction of sp³-hybridized carbons (Fsp3) is 0.200. The molecule has 0 spiro atoms. The van der Waals surface area contributed by atoms with Crippen LogP contribution in [-0.4, -0.2) is 0 Å². The van der Waals surface area contributed by atoms with Crippen LogP contribution >= 0.6 is 11.8 Å². The molecule has 0 radical (unpaired) electrons. The van der Waals surface area contributed by atoms with E-state index in [9.17, 15) is 0 Å². The second-order valence-electron chi connectivity index (χ2n) is 2.92. The average molecular weight is 232 g/mol. The Morgan fingerprint density at radius 1 is 1.12 bits per heavy atom. The van der Waals surface area contributed by atoms with Crippen molar-refractivity contribution in [2.45, 2.75) is 25.7 Å². The highest BCUT2D eigenvalue weighted by molar-refractivity contribution is 8.03. The molecule has 0 aliphatic carbocycles. The Hall–Kier alpha value is -1.21. The van der Waals surface area contributed by atoms with E-state index in [2.05, 4.69) is 44.3 Å². The lowest BCUT2D eigenvalue weighted by Crippen LogP contribution is -1.74. The molecule has 0 fully saturated rings. The molecule has 0 nitrogen and oxygen atoms in total. The standard InChI is InChI=1S/C13H14S.C2H6/c1-4-6-12(5-2)14-13-9-7-11(3)8-10-13;1-2/h4-10H,1-2H2,3H3;1-2H3/b12-6+;. The molecule has 1 aromatic carbocycles. The predicted octanol–water partition coefficient (Wildman–Crippen LogP) is 5.37. The van der Waals surface area contributed by atoms with E-state index >= 15 is 0 Å². The predicted molar refractivity (Wildman–Crippen MR) is 76.9 cm³/mol.